The van der Waals surface area contributed by atoms with Crippen molar-refractivity contribution in [3.63, 3.8) is 0 Å². The molecule has 1 heterocycles. The molecule has 1 amide bonds. The predicted octanol–water partition coefficient (Wildman–Crippen LogP) is 0.239. The smallest absolute Gasteiger partial charge is 0.222 e. The van der Waals surface area contributed by atoms with Crippen molar-refractivity contribution < 1.29 is 4.79 Å². The zero-order valence-corrected chi connectivity index (χ0v) is 4.48. The van der Waals surface area contributed by atoms with Crippen LogP contribution in [0.2, 0.25) is 0 Å². The van der Waals surface area contributed by atoms with Crippen molar-refractivity contribution in [2.45, 2.75) is 12.8 Å². The van der Waals surface area contributed by atoms with E-state index in [0.29, 0.717) is 5.91 Å². The molecule has 40 valence electrons. The summed E-state index contributed by atoms with van der Waals surface area (Å²) < 4.78 is 0. The van der Waals surface area contributed by atoms with Crippen LogP contribution in [-0.4, -0.2) is 24.4 Å². The summed E-state index contributed by atoms with van der Waals surface area (Å²) in [5.74, 6) is 0.292. The quantitative estimate of drug-likeness (QED) is 0.400. The second-order valence-corrected chi connectivity index (χ2v) is 1.92. The van der Waals surface area contributed by atoms with Gasteiger partial charge >= 0.3 is 0 Å². The van der Waals surface area contributed by atoms with Gasteiger partial charge in [-0.05, 0) is 6.42 Å². The molecule has 0 bridgehead atoms. The van der Waals surface area contributed by atoms with Gasteiger partial charge in [0.15, 0.2) is 0 Å². The first-order chi connectivity index (χ1) is 3.30. The van der Waals surface area contributed by atoms with Crippen molar-refractivity contribution in [1.29, 1.82) is 0 Å². The first-order valence-electron chi connectivity index (χ1n) is 2.54. The minimum Gasteiger partial charge on any atom is -0.346 e. The monoisotopic (exact) mass is 101 g/mol. The number of nitrogens with zero attached hydrogens (tertiary/aromatic N) is 1. The molecule has 0 saturated carbocycles. The summed E-state index contributed by atoms with van der Waals surface area (Å²) in [6.07, 6.45) is 1.81. The highest BCUT2D eigenvalue weighted by Crippen LogP contribution is 2.04. The molecule has 0 unspecified atom stereocenters. The number of amides is 1. The van der Waals surface area contributed by atoms with E-state index in [1.807, 2.05) is 7.05 Å². The number of likely N-dealkylation sites (tertiary alicyclic amines) is 1. The second kappa shape index (κ2) is 1.52. The third-order valence-corrected chi connectivity index (χ3v) is 1.31. The van der Waals surface area contributed by atoms with E-state index in [2.05, 4.69) is 0 Å². The van der Waals surface area contributed by atoms with E-state index in [1.54, 1.807) is 4.90 Å². The van der Waals surface area contributed by atoms with Crippen LogP contribution in [0.25, 0.3) is 0 Å². The van der Waals surface area contributed by atoms with Crippen molar-refractivity contribution >= 4 is 5.91 Å². The maximum atomic E-state index is 10.5. The molecule has 0 aromatic rings. The molecular formula is C5H9NO. The second-order valence-electron chi connectivity index (χ2n) is 1.92. The van der Waals surface area contributed by atoms with Crippen LogP contribution in [0.15, 0.2) is 0 Å². The Kier molecular flexibility index (Phi) is 1.01. The van der Waals surface area contributed by atoms with Crippen molar-refractivity contribution in [2.75, 3.05) is 13.6 Å². The molecule has 0 aromatic heterocycles. The van der Waals surface area contributed by atoms with Gasteiger partial charge in [-0.1, -0.05) is 0 Å². The first kappa shape index (κ1) is 4.62. The van der Waals surface area contributed by atoms with Gasteiger partial charge in [-0.25, -0.2) is 0 Å². The minimum atomic E-state index is 0.292. The Hall–Kier alpha value is -0.530. The molecule has 0 radical (unpaired) electrons. The Morgan fingerprint density at radius 1 is 1.71 bits per heavy atom. The molecule has 1 rings (SSSR count). The normalized spacial score (nSPS) is 21.3. The Morgan fingerprint density at radius 3 is 2.57 bits per heavy atom. The lowest BCUT2D eigenvalue weighted by Gasteiger charge is -2.03. The van der Waals surface area contributed by atoms with Crippen LogP contribution in [0.4, 0.5) is 0 Å². The van der Waals surface area contributed by atoms with Crippen LogP contribution in [0.3, 0.4) is 0 Å². The van der Waals surface area contributed by atoms with Gasteiger partial charge in [0.2, 0.25) is 5.91 Å². The van der Waals surface area contributed by atoms with Crippen LogP contribution in [-0.2, 0) is 4.79 Å². The third-order valence-electron chi connectivity index (χ3n) is 1.31. The highest BCUT2D eigenvalue weighted by atomic mass is 18.1. The summed E-state index contributed by atoms with van der Waals surface area (Å²) in [7, 11) is 1.84. The number of rotatable bonds is 0. The number of carbonyl (C=O) groups excluding carboxylic acids is 1. The van der Waals surface area contributed by atoms with Gasteiger partial charge in [-0.15, -0.1) is 0 Å². The molecule has 0 aromatic carbocycles. The van der Waals surface area contributed by atoms with Crippen LogP contribution in [0.1, 0.15) is 12.8 Å². The number of hydrogen-bond acceptors (Lipinski definition) is 1. The van der Waals surface area contributed by atoms with Gasteiger partial charge in [-0.3, -0.25) is 4.79 Å². The van der Waals surface area contributed by atoms with Gasteiger partial charge in [0.25, 0.3) is 0 Å². The lowest BCUT2D eigenvalue weighted by Crippen LogP contribution is -2.17. The largest absolute Gasteiger partial charge is 0.346 e. The van der Waals surface area contributed by atoms with Gasteiger partial charge in [0.05, 0.1) is 0 Å². The SMILES string of the molecule is CN1CCCC1=[18O]. The fraction of sp³-hybridized carbons (Fsp3) is 0.800. The summed E-state index contributed by atoms with van der Waals surface area (Å²) in [5.41, 5.74) is 0. The maximum absolute atomic E-state index is 10.5. The number of hydrogen-bond donors (Lipinski definition) is 0. The van der Waals surface area contributed by atoms with Crippen molar-refractivity contribution in [1.82, 2.24) is 4.90 Å². The van der Waals surface area contributed by atoms with Crippen LogP contribution in [0, 0.1) is 0 Å². The third kappa shape index (κ3) is 0.734. The topological polar surface area (TPSA) is 20.3 Å². The van der Waals surface area contributed by atoms with E-state index < -0.39 is 0 Å². The van der Waals surface area contributed by atoms with Crippen molar-refractivity contribution in [3.05, 3.63) is 0 Å². The van der Waals surface area contributed by atoms with Gasteiger partial charge in [0, 0.05) is 20.0 Å². The standard InChI is InChI=1S/C5H9NO/c1-6-4-2-3-5(6)7/h2-4H2,1H3/i7+2. The molecule has 1 aliphatic heterocycles. The van der Waals surface area contributed by atoms with E-state index in [4.69, 9.17) is 0 Å². The molecule has 2 heteroatoms. The lowest BCUT2D eigenvalue weighted by molar-refractivity contribution is -0.126. The van der Waals surface area contributed by atoms with Crippen LogP contribution < -0.4 is 0 Å². The minimum absolute atomic E-state index is 0.292. The summed E-state index contributed by atoms with van der Waals surface area (Å²) in [5, 5.41) is 0. The average Bonchev–Trinajstić information content (AvgIpc) is 1.91. The lowest BCUT2D eigenvalue weighted by atomic mass is 10.4. The van der Waals surface area contributed by atoms with E-state index in [9.17, 15) is 4.79 Å². The van der Waals surface area contributed by atoms with E-state index in [1.165, 1.54) is 0 Å². The van der Waals surface area contributed by atoms with Crippen molar-refractivity contribution in [3.8, 4) is 0 Å². The molecule has 2 nitrogen and oxygen atoms in total. The van der Waals surface area contributed by atoms with E-state index >= 15 is 0 Å². The average molecular weight is 101 g/mol. The van der Waals surface area contributed by atoms with E-state index in [-0.39, 0.29) is 0 Å². The summed E-state index contributed by atoms with van der Waals surface area (Å²) >= 11 is 0. The van der Waals surface area contributed by atoms with Crippen LogP contribution in [0.5, 0.6) is 0 Å². The zero-order valence-electron chi connectivity index (χ0n) is 4.48. The summed E-state index contributed by atoms with van der Waals surface area (Å²) in [4.78, 5) is 12.3. The summed E-state index contributed by atoms with van der Waals surface area (Å²) in [6, 6.07) is 0. The fourth-order valence-electron chi connectivity index (χ4n) is 0.783. The maximum Gasteiger partial charge on any atom is 0.222 e. The zero-order chi connectivity index (χ0) is 5.28. The Morgan fingerprint density at radius 2 is 2.43 bits per heavy atom. The molecule has 0 atom stereocenters. The molecule has 1 fully saturated rings. The molecule has 1 aliphatic rings. The van der Waals surface area contributed by atoms with Crippen molar-refractivity contribution in [2.24, 2.45) is 0 Å². The Bertz CT molecular complexity index is 90.1. The van der Waals surface area contributed by atoms with Gasteiger partial charge < -0.3 is 4.90 Å². The highest BCUT2D eigenvalue weighted by Gasteiger charge is 2.14. The van der Waals surface area contributed by atoms with Gasteiger partial charge in [-0.2, -0.15) is 0 Å². The predicted molar refractivity (Wildman–Crippen MR) is 26.9 cm³/mol. The molecule has 1 saturated heterocycles. The number of carbonyl (C=O) groups is 1. The Balaban J connectivity index is 2.48. The molecule has 0 aliphatic carbocycles. The molecule has 7 heavy (non-hydrogen) atoms. The van der Waals surface area contributed by atoms with Crippen LogP contribution >= 0.6 is 0 Å². The van der Waals surface area contributed by atoms with Gasteiger partial charge in [0.1, 0.15) is 0 Å². The van der Waals surface area contributed by atoms with E-state index in [0.717, 1.165) is 19.4 Å². The molecule has 0 spiro atoms. The fourth-order valence-corrected chi connectivity index (χ4v) is 0.783. The molecule has 0 N–H and O–H groups in total. The highest BCUT2D eigenvalue weighted by molar-refractivity contribution is 5.77. The first-order valence-corrected chi connectivity index (χ1v) is 2.54. The Labute approximate surface area is 43.1 Å². The summed E-state index contributed by atoms with van der Waals surface area (Å²) in [6.45, 7) is 0.957. The molecular weight excluding hydrogens is 92.1 g/mol.